The highest BCUT2D eigenvalue weighted by Crippen LogP contribution is 2.20. The number of nitrogens with zero attached hydrogens (tertiary/aromatic N) is 2. The Hall–Kier alpha value is -1.89. The second kappa shape index (κ2) is 7.34. The molecule has 2 aromatic carbocycles. The van der Waals surface area contributed by atoms with Crippen molar-refractivity contribution in [2.75, 3.05) is 31.1 Å². The molecule has 1 aliphatic rings. The third-order valence-electron chi connectivity index (χ3n) is 4.31. The van der Waals surface area contributed by atoms with Crippen LogP contribution in [0.2, 0.25) is 0 Å². The van der Waals surface area contributed by atoms with Gasteiger partial charge in [0.25, 0.3) is 5.91 Å². The van der Waals surface area contributed by atoms with Crippen LogP contribution in [0.15, 0.2) is 48.5 Å². The molecule has 0 bridgehead atoms. The van der Waals surface area contributed by atoms with Gasteiger partial charge in [-0.25, -0.2) is 0 Å². The minimum Gasteiger partial charge on any atom is -0.368 e. The minimum atomic E-state index is 0.0782. The molecule has 0 N–H and O–H groups in total. The van der Waals surface area contributed by atoms with Crippen molar-refractivity contribution in [1.82, 2.24) is 4.90 Å². The van der Waals surface area contributed by atoms with Gasteiger partial charge in [0, 0.05) is 41.0 Å². The molecule has 2 aromatic rings. The Labute approximate surface area is 155 Å². The first-order valence-corrected chi connectivity index (χ1v) is 9.04. The lowest BCUT2D eigenvalue weighted by Crippen LogP contribution is -2.49. The number of hydrogen-bond donors (Lipinski definition) is 0. The average Bonchev–Trinajstić information content (AvgIpc) is 2.62. The summed E-state index contributed by atoms with van der Waals surface area (Å²) in [5, 5.41) is 0. The smallest absolute Gasteiger partial charge is 0.255 e. The monoisotopic (exact) mass is 434 g/mol. The van der Waals surface area contributed by atoms with Gasteiger partial charge >= 0.3 is 0 Å². The van der Waals surface area contributed by atoms with Gasteiger partial charge in [0.2, 0.25) is 0 Å². The van der Waals surface area contributed by atoms with E-state index in [0.717, 1.165) is 33.5 Å². The van der Waals surface area contributed by atoms with Crippen molar-refractivity contribution in [2.45, 2.75) is 6.92 Å². The molecule has 1 saturated heterocycles. The maximum atomic E-state index is 12.6. The fourth-order valence-electron chi connectivity index (χ4n) is 2.88. The number of carbonyl (C=O) groups excluding carboxylic acids is 2. The number of hydrogen-bond acceptors (Lipinski definition) is 3. The molecule has 0 unspecified atom stereocenters. The summed E-state index contributed by atoms with van der Waals surface area (Å²) in [6.45, 7) is 4.59. The fourth-order valence-corrected chi connectivity index (χ4v) is 3.50. The van der Waals surface area contributed by atoms with Gasteiger partial charge in [0.1, 0.15) is 0 Å². The number of amides is 1. The van der Waals surface area contributed by atoms with Crippen molar-refractivity contribution < 1.29 is 9.59 Å². The first-order chi connectivity index (χ1) is 11.6. The summed E-state index contributed by atoms with van der Waals surface area (Å²) in [6.07, 6.45) is 0. The highest BCUT2D eigenvalue weighted by atomic mass is 127. The van der Waals surface area contributed by atoms with E-state index in [1.807, 2.05) is 53.4 Å². The normalized spacial score (nSPS) is 14.6. The van der Waals surface area contributed by atoms with Gasteiger partial charge < -0.3 is 9.80 Å². The summed E-state index contributed by atoms with van der Waals surface area (Å²) >= 11 is 2.21. The Morgan fingerprint density at radius 1 is 0.917 bits per heavy atom. The Morgan fingerprint density at radius 2 is 1.54 bits per heavy atom. The van der Waals surface area contributed by atoms with E-state index in [1.54, 1.807) is 6.92 Å². The van der Waals surface area contributed by atoms with Crippen LogP contribution in [-0.2, 0) is 0 Å². The first-order valence-electron chi connectivity index (χ1n) is 7.96. The van der Waals surface area contributed by atoms with Crippen molar-refractivity contribution in [2.24, 2.45) is 0 Å². The third kappa shape index (κ3) is 3.61. The summed E-state index contributed by atoms with van der Waals surface area (Å²) in [6, 6.07) is 15.4. The highest BCUT2D eigenvalue weighted by Gasteiger charge is 2.23. The van der Waals surface area contributed by atoms with Crippen LogP contribution < -0.4 is 4.90 Å². The van der Waals surface area contributed by atoms with Gasteiger partial charge in [-0.1, -0.05) is 12.1 Å². The molecule has 0 atom stereocenters. The number of rotatable bonds is 3. The maximum Gasteiger partial charge on any atom is 0.255 e. The van der Waals surface area contributed by atoms with E-state index in [-0.39, 0.29) is 11.7 Å². The summed E-state index contributed by atoms with van der Waals surface area (Å²) in [4.78, 5) is 28.2. The molecule has 5 heteroatoms. The van der Waals surface area contributed by atoms with Crippen molar-refractivity contribution >= 4 is 40.0 Å². The molecular formula is C19H19IN2O2. The molecule has 1 heterocycles. The van der Waals surface area contributed by atoms with E-state index in [4.69, 9.17) is 0 Å². The highest BCUT2D eigenvalue weighted by molar-refractivity contribution is 14.1. The number of ketones is 1. The second-order valence-electron chi connectivity index (χ2n) is 5.86. The van der Waals surface area contributed by atoms with Crippen LogP contribution in [-0.4, -0.2) is 42.8 Å². The van der Waals surface area contributed by atoms with Gasteiger partial charge in [-0.05, 0) is 65.9 Å². The quantitative estimate of drug-likeness (QED) is 0.549. The van der Waals surface area contributed by atoms with E-state index in [2.05, 4.69) is 27.5 Å². The topological polar surface area (TPSA) is 40.6 Å². The zero-order valence-electron chi connectivity index (χ0n) is 13.5. The Kier molecular flexibility index (Phi) is 5.18. The summed E-state index contributed by atoms with van der Waals surface area (Å²) < 4.78 is 0.988. The minimum absolute atomic E-state index is 0.0782. The van der Waals surface area contributed by atoms with E-state index in [1.165, 1.54) is 0 Å². The molecule has 3 rings (SSSR count). The van der Waals surface area contributed by atoms with Crippen LogP contribution in [0.4, 0.5) is 5.69 Å². The van der Waals surface area contributed by atoms with Crippen LogP contribution in [0.5, 0.6) is 0 Å². The predicted octanol–water partition coefficient (Wildman–Crippen LogP) is 3.46. The maximum absolute atomic E-state index is 12.6. The van der Waals surface area contributed by atoms with Crippen molar-refractivity contribution in [3.8, 4) is 0 Å². The molecule has 24 heavy (non-hydrogen) atoms. The molecule has 0 radical (unpaired) electrons. The van der Waals surface area contributed by atoms with E-state index < -0.39 is 0 Å². The number of benzene rings is 2. The molecule has 0 spiro atoms. The molecular weight excluding hydrogens is 415 g/mol. The molecule has 1 amide bonds. The lowest BCUT2D eigenvalue weighted by atomic mass is 10.1. The lowest BCUT2D eigenvalue weighted by Gasteiger charge is -2.36. The molecule has 0 aliphatic carbocycles. The van der Waals surface area contributed by atoms with Gasteiger partial charge in [-0.2, -0.15) is 0 Å². The summed E-state index contributed by atoms with van der Waals surface area (Å²) in [5.74, 6) is 0.181. The van der Waals surface area contributed by atoms with Gasteiger partial charge in [-0.3, -0.25) is 9.59 Å². The van der Waals surface area contributed by atoms with Crippen molar-refractivity contribution in [1.29, 1.82) is 0 Å². The SMILES string of the molecule is CC(=O)c1ccc(N2CCN(C(=O)c3ccccc3I)CC2)cc1. The molecule has 0 saturated carbocycles. The van der Waals surface area contributed by atoms with Crippen LogP contribution in [0.25, 0.3) is 0 Å². The zero-order valence-corrected chi connectivity index (χ0v) is 15.7. The standard InChI is InChI=1S/C19H19IN2O2/c1-14(23)15-6-8-16(9-7-15)21-10-12-22(13-11-21)19(24)17-4-2-3-5-18(17)20/h2-9H,10-13H2,1H3. The van der Waals surface area contributed by atoms with E-state index in [9.17, 15) is 9.59 Å². The predicted molar refractivity (Wildman–Crippen MR) is 104 cm³/mol. The number of halogens is 1. The van der Waals surface area contributed by atoms with Crippen LogP contribution >= 0.6 is 22.6 Å². The number of piperazine rings is 1. The van der Waals surface area contributed by atoms with Crippen LogP contribution in [0.3, 0.4) is 0 Å². The average molecular weight is 434 g/mol. The van der Waals surface area contributed by atoms with Crippen molar-refractivity contribution in [3.63, 3.8) is 0 Å². The lowest BCUT2D eigenvalue weighted by molar-refractivity contribution is 0.0745. The van der Waals surface area contributed by atoms with Crippen LogP contribution in [0, 0.1) is 3.57 Å². The zero-order chi connectivity index (χ0) is 17.1. The number of Topliss-reactive ketones (excluding diaryl/α,β-unsaturated/α-hetero) is 1. The van der Waals surface area contributed by atoms with Gasteiger partial charge in [0.15, 0.2) is 5.78 Å². The Morgan fingerprint density at radius 3 is 2.12 bits per heavy atom. The first kappa shape index (κ1) is 17.0. The Balaban J connectivity index is 1.64. The summed E-state index contributed by atoms with van der Waals surface area (Å²) in [5.41, 5.74) is 2.60. The van der Waals surface area contributed by atoms with Crippen LogP contribution in [0.1, 0.15) is 27.6 Å². The molecule has 4 nitrogen and oxygen atoms in total. The number of anilines is 1. The van der Waals surface area contributed by atoms with Crippen molar-refractivity contribution in [3.05, 3.63) is 63.2 Å². The Bertz CT molecular complexity index is 750. The molecule has 124 valence electrons. The third-order valence-corrected chi connectivity index (χ3v) is 5.25. The molecule has 1 fully saturated rings. The van der Waals surface area contributed by atoms with E-state index in [0.29, 0.717) is 13.1 Å². The van der Waals surface area contributed by atoms with E-state index >= 15 is 0 Å². The number of carbonyl (C=O) groups is 2. The second-order valence-corrected chi connectivity index (χ2v) is 7.02. The molecule has 0 aromatic heterocycles. The summed E-state index contributed by atoms with van der Waals surface area (Å²) in [7, 11) is 0. The van der Waals surface area contributed by atoms with Gasteiger partial charge in [-0.15, -0.1) is 0 Å². The van der Waals surface area contributed by atoms with Gasteiger partial charge in [0.05, 0.1) is 5.56 Å². The fraction of sp³-hybridized carbons (Fsp3) is 0.263. The molecule has 1 aliphatic heterocycles. The largest absolute Gasteiger partial charge is 0.368 e.